The highest BCUT2D eigenvalue weighted by atomic mass is 19.1. The summed E-state index contributed by atoms with van der Waals surface area (Å²) in [5.41, 5.74) is 2.58. The third-order valence-electron chi connectivity index (χ3n) is 7.78. The first-order chi connectivity index (χ1) is 15.8. The first kappa shape index (κ1) is 20.0. The molecule has 1 amide bonds. The van der Waals surface area contributed by atoms with Gasteiger partial charge in [-0.2, -0.15) is 0 Å². The predicted octanol–water partition coefficient (Wildman–Crippen LogP) is 3.13. The van der Waals surface area contributed by atoms with Crippen LogP contribution in [0.5, 0.6) is 5.75 Å². The molecule has 6 nitrogen and oxygen atoms in total. The number of carbonyl (C=O) groups excluding carboxylic acids is 1. The van der Waals surface area contributed by atoms with Crippen molar-refractivity contribution < 1.29 is 14.3 Å². The third kappa shape index (κ3) is 2.32. The molecule has 6 rings (SSSR count). The zero-order valence-corrected chi connectivity index (χ0v) is 18.5. The van der Waals surface area contributed by atoms with Gasteiger partial charge in [-0.15, -0.1) is 0 Å². The predicted molar refractivity (Wildman–Crippen MR) is 121 cm³/mol. The lowest BCUT2D eigenvalue weighted by atomic mass is 9.71. The van der Waals surface area contributed by atoms with Crippen molar-refractivity contribution in [2.24, 2.45) is 5.41 Å². The molecule has 3 aliphatic rings. The number of halogens is 1. The van der Waals surface area contributed by atoms with Crippen molar-refractivity contribution in [2.45, 2.75) is 32.2 Å². The van der Waals surface area contributed by atoms with E-state index in [9.17, 15) is 19.1 Å². The van der Waals surface area contributed by atoms with E-state index in [1.54, 1.807) is 21.8 Å². The van der Waals surface area contributed by atoms with E-state index in [4.69, 9.17) is 0 Å². The molecule has 2 aliphatic carbocycles. The maximum absolute atomic E-state index is 14.3. The van der Waals surface area contributed by atoms with Crippen LogP contribution in [-0.4, -0.2) is 33.8 Å². The Hall–Kier alpha value is -3.61. The van der Waals surface area contributed by atoms with Crippen molar-refractivity contribution in [3.8, 4) is 5.75 Å². The van der Waals surface area contributed by atoms with Crippen molar-refractivity contribution in [3.63, 3.8) is 0 Å². The minimum absolute atomic E-state index is 0.0349. The second-order valence-corrected chi connectivity index (χ2v) is 9.51. The fourth-order valence-electron chi connectivity index (χ4n) is 6.51. The van der Waals surface area contributed by atoms with Crippen LogP contribution < -0.4 is 10.4 Å². The molecule has 0 fully saturated rings. The summed E-state index contributed by atoms with van der Waals surface area (Å²) in [6.45, 7) is 4.77. The molecule has 7 heteroatoms. The van der Waals surface area contributed by atoms with Gasteiger partial charge in [0.2, 0.25) is 5.43 Å². The maximum Gasteiger partial charge on any atom is 0.277 e. The van der Waals surface area contributed by atoms with Crippen LogP contribution in [0.2, 0.25) is 0 Å². The summed E-state index contributed by atoms with van der Waals surface area (Å²) in [4.78, 5) is 27.1. The normalized spacial score (nSPS) is 25.0. The Morgan fingerprint density at radius 1 is 1.03 bits per heavy atom. The van der Waals surface area contributed by atoms with Gasteiger partial charge in [-0.1, -0.05) is 37.3 Å². The number of benzene rings is 2. The fourth-order valence-corrected chi connectivity index (χ4v) is 6.51. The third-order valence-corrected chi connectivity index (χ3v) is 7.78. The molecule has 0 saturated carbocycles. The number of fused-ring (bicyclic) bond motifs is 6. The van der Waals surface area contributed by atoms with Gasteiger partial charge in [0.1, 0.15) is 18.0 Å². The smallest absolute Gasteiger partial charge is 0.277 e. The van der Waals surface area contributed by atoms with E-state index in [0.29, 0.717) is 13.0 Å². The molecule has 0 bridgehead atoms. The Labute approximate surface area is 190 Å². The SMILES string of the molecule is CCN1CN(C23c4ccccc4CC2(C)Cc2cc(F)ccc23)n2ccc(=O)c(O)c2C1=O. The number of hydrogen-bond acceptors (Lipinski definition) is 4. The molecule has 2 unspecified atom stereocenters. The number of aromatic hydroxyl groups is 1. The molecule has 3 aromatic rings. The second-order valence-electron chi connectivity index (χ2n) is 9.51. The van der Waals surface area contributed by atoms with Crippen molar-refractivity contribution in [2.75, 3.05) is 18.2 Å². The lowest BCUT2D eigenvalue weighted by molar-refractivity contribution is 0.0619. The van der Waals surface area contributed by atoms with Gasteiger partial charge in [0.25, 0.3) is 5.91 Å². The molecule has 33 heavy (non-hydrogen) atoms. The van der Waals surface area contributed by atoms with Crippen molar-refractivity contribution >= 4 is 5.91 Å². The first-order valence-electron chi connectivity index (χ1n) is 11.2. The molecule has 2 atom stereocenters. The van der Waals surface area contributed by atoms with Gasteiger partial charge in [-0.05, 0) is 54.2 Å². The molecular formula is C26H24FN3O3. The number of rotatable bonds is 2. The summed E-state index contributed by atoms with van der Waals surface area (Å²) in [7, 11) is 0. The van der Waals surface area contributed by atoms with Gasteiger partial charge in [0.15, 0.2) is 11.4 Å². The van der Waals surface area contributed by atoms with Crippen LogP contribution in [-0.2, 0) is 18.4 Å². The Balaban J connectivity index is 1.73. The molecule has 0 spiro atoms. The van der Waals surface area contributed by atoms with Gasteiger partial charge in [-0.25, -0.2) is 4.39 Å². The topological polar surface area (TPSA) is 65.8 Å². The van der Waals surface area contributed by atoms with Gasteiger partial charge in [0, 0.05) is 24.2 Å². The number of amides is 1. The minimum atomic E-state index is -0.711. The fraction of sp³-hybridized carbons (Fsp3) is 0.308. The summed E-state index contributed by atoms with van der Waals surface area (Å²) in [6.07, 6.45) is 3.03. The van der Waals surface area contributed by atoms with E-state index in [-0.39, 0.29) is 29.5 Å². The summed E-state index contributed by atoms with van der Waals surface area (Å²) >= 11 is 0. The van der Waals surface area contributed by atoms with Gasteiger partial charge in [0.05, 0.1) is 0 Å². The van der Waals surface area contributed by atoms with Crippen LogP contribution in [0.15, 0.2) is 59.5 Å². The van der Waals surface area contributed by atoms with Crippen LogP contribution in [0, 0.1) is 11.2 Å². The molecule has 1 N–H and O–H groups in total. The monoisotopic (exact) mass is 445 g/mol. The lowest BCUT2D eigenvalue weighted by Crippen LogP contribution is -2.65. The van der Waals surface area contributed by atoms with E-state index in [2.05, 4.69) is 24.1 Å². The molecular weight excluding hydrogens is 421 g/mol. The molecule has 0 saturated heterocycles. The Kier molecular flexibility index (Phi) is 3.92. The minimum Gasteiger partial charge on any atom is -0.502 e. The maximum atomic E-state index is 14.3. The Morgan fingerprint density at radius 2 is 1.76 bits per heavy atom. The van der Waals surface area contributed by atoms with Crippen molar-refractivity contribution in [3.05, 3.63) is 98.7 Å². The summed E-state index contributed by atoms with van der Waals surface area (Å²) in [6, 6.07) is 14.5. The Bertz CT molecular complexity index is 1400. The number of pyridine rings is 1. The standard InChI is InChI=1S/C26H24FN3O3/c1-3-28-15-30(29-11-10-21(31)23(32)22(29)24(28)33)26-19-7-5-4-6-16(19)13-25(26,2)14-17-12-18(27)8-9-20(17)26/h4-12,32H,3,13-15H2,1-2H3. The molecule has 168 valence electrons. The lowest BCUT2D eigenvalue weighted by Gasteiger charge is -2.53. The summed E-state index contributed by atoms with van der Waals surface area (Å²) in [5.74, 6) is -1.20. The molecule has 2 heterocycles. The van der Waals surface area contributed by atoms with E-state index in [1.807, 2.05) is 25.1 Å². The number of aromatic nitrogens is 1. The van der Waals surface area contributed by atoms with Gasteiger partial charge >= 0.3 is 0 Å². The highest BCUT2D eigenvalue weighted by Crippen LogP contribution is 2.63. The van der Waals surface area contributed by atoms with Crippen molar-refractivity contribution in [1.82, 2.24) is 9.58 Å². The van der Waals surface area contributed by atoms with Crippen LogP contribution in [0.3, 0.4) is 0 Å². The van der Waals surface area contributed by atoms with Gasteiger partial charge in [-0.3, -0.25) is 19.3 Å². The highest BCUT2D eigenvalue weighted by Gasteiger charge is 2.65. The number of carbonyl (C=O) groups is 1. The molecule has 1 aromatic heterocycles. The van der Waals surface area contributed by atoms with Crippen LogP contribution in [0.25, 0.3) is 0 Å². The second kappa shape index (κ2) is 6.47. The van der Waals surface area contributed by atoms with Crippen molar-refractivity contribution in [1.29, 1.82) is 0 Å². The zero-order valence-electron chi connectivity index (χ0n) is 18.5. The van der Waals surface area contributed by atoms with E-state index in [0.717, 1.165) is 23.1 Å². The average molecular weight is 445 g/mol. The van der Waals surface area contributed by atoms with Crippen LogP contribution >= 0.6 is 0 Å². The highest BCUT2D eigenvalue weighted by molar-refractivity contribution is 5.96. The number of nitrogens with zero attached hydrogens (tertiary/aromatic N) is 3. The summed E-state index contributed by atoms with van der Waals surface area (Å²) < 4.78 is 15.9. The largest absolute Gasteiger partial charge is 0.502 e. The Morgan fingerprint density at radius 3 is 2.55 bits per heavy atom. The van der Waals surface area contributed by atoms with E-state index >= 15 is 0 Å². The van der Waals surface area contributed by atoms with Gasteiger partial charge < -0.3 is 10.0 Å². The molecule has 2 aromatic carbocycles. The summed E-state index contributed by atoms with van der Waals surface area (Å²) in [5, 5.41) is 12.7. The average Bonchev–Trinajstić information content (AvgIpc) is 3.19. The quantitative estimate of drug-likeness (QED) is 0.658. The molecule has 1 aliphatic heterocycles. The van der Waals surface area contributed by atoms with E-state index < -0.39 is 16.7 Å². The van der Waals surface area contributed by atoms with Crippen LogP contribution in [0.1, 0.15) is 46.6 Å². The van der Waals surface area contributed by atoms with E-state index in [1.165, 1.54) is 17.7 Å². The number of hydrogen-bond donors (Lipinski definition) is 1. The zero-order chi connectivity index (χ0) is 23.1. The molecule has 0 radical (unpaired) electrons. The first-order valence-corrected chi connectivity index (χ1v) is 11.2. The van der Waals surface area contributed by atoms with Crippen LogP contribution in [0.4, 0.5) is 4.39 Å².